The van der Waals surface area contributed by atoms with Crippen molar-refractivity contribution >= 4 is 44.8 Å². The first kappa shape index (κ1) is 25.9. The SMILES string of the molecule is CCO.CN(C)CC(=O)Nc1ccc(CNc2cc(N3CCCCC3)nc3c(Br)cnn23)cc1. The number of benzene rings is 1. The number of amides is 1. The number of hydrogen-bond acceptors (Lipinski definition) is 7. The van der Waals surface area contributed by atoms with Crippen molar-refractivity contribution in [2.75, 3.05) is 55.9 Å². The van der Waals surface area contributed by atoms with Gasteiger partial charge in [0.25, 0.3) is 0 Å². The van der Waals surface area contributed by atoms with E-state index in [4.69, 9.17) is 10.1 Å². The zero-order valence-corrected chi connectivity index (χ0v) is 21.7. The molecule has 1 fully saturated rings. The maximum absolute atomic E-state index is 11.9. The first-order chi connectivity index (χ1) is 16.4. The summed E-state index contributed by atoms with van der Waals surface area (Å²) in [4.78, 5) is 20.9. The molecule has 1 aromatic carbocycles. The lowest BCUT2D eigenvalue weighted by Crippen LogP contribution is -2.30. The van der Waals surface area contributed by atoms with Crippen LogP contribution in [-0.2, 0) is 11.3 Å². The van der Waals surface area contributed by atoms with Crippen LogP contribution in [0.15, 0.2) is 41.0 Å². The number of likely N-dealkylation sites (N-methyl/N-ethyl adjacent to an activating group) is 1. The van der Waals surface area contributed by atoms with E-state index < -0.39 is 0 Å². The van der Waals surface area contributed by atoms with Crippen molar-refractivity contribution in [1.82, 2.24) is 19.5 Å². The summed E-state index contributed by atoms with van der Waals surface area (Å²) < 4.78 is 2.71. The van der Waals surface area contributed by atoms with Gasteiger partial charge in [-0.1, -0.05) is 12.1 Å². The van der Waals surface area contributed by atoms with Crippen molar-refractivity contribution in [3.05, 3.63) is 46.6 Å². The number of aromatic nitrogens is 3. The number of aliphatic hydroxyl groups excluding tert-OH is 1. The minimum Gasteiger partial charge on any atom is -0.397 e. The molecule has 1 amide bonds. The van der Waals surface area contributed by atoms with Gasteiger partial charge in [0.15, 0.2) is 5.65 Å². The molecule has 184 valence electrons. The van der Waals surface area contributed by atoms with Crippen LogP contribution < -0.4 is 15.5 Å². The highest BCUT2D eigenvalue weighted by Gasteiger charge is 2.16. The number of rotatable bonds is 7. The second-order valence-corrected chi connectivity index (χ2v) is 9.28. The molecule has 0 radical (unpaired) electrons. The van der Waals surface area contributed by atoms with E-state index in [9.17, 15) is 4.79 Å². The number of anilines is 3. The fourth-order valence-corrected chi connectivity index (χ4v) is 4.07. The molecule has 1 saturated heterocycles. The maximum atomic E-state index is 11.9. The highest BCUT2D eigenvalue weighted by molar-refractivity contribution is 9.10. The van der Waals surface area contributed by atoms with E-state index in [1.54, 1.807) is 13.1 Å². The van der Waals surface area contributed by atoms with Crippen molar-refractivity contribution in [2.24, 2.45) is 0 Å². The van der Waals surface area contributed by atoms with Gasteiger partial charge in [-0.25, -0.2) is 4.98 Å². The van der Waals surface area contributed by atoms with Crippen LogP contribution in [0.5, 0.6) is 0 Å². The van der Waals surface area contributed by atoms with E-state index >= 15 is 0 Å². The standard InChI is InChI=1S/C22H28BrN7O.C2H6O/c1-28(2)15-21(31)26-17-8-6-16(7-9-17)13-24-19-12-20(29-10-4-3-5-11-29)27-22-18(23)14-25-30(19)22;1-2-3/h6-9,12,14,24H,3-5,10-11,13,15H2,1-2H3,(H,26,31);3H,2H2,1H3. The number of piperidine rings is 1. The van der Waals surface area contributed by atoms with Gasteiger partial charge in [-0.05, 0) is 73.9 Å². The molecule has 1 aliphatic heterocycles. The lowest BCUT2D eigenvalue weighted by molar-refractivity contribution is -0.116. The second kappa shape index (κ2) is 12.7. The van der Waals surface area contributed by atoms with Crippen molar-refractivity contribution in [2.45, 2.75) is 32.7 Å². The molecule has 0 bridgehead atoms. The van der Waals surface area contributed by atoms with Gasteiger partial charge in [0.2, 0.25) is 5.91 Å². The molecule has 0 spiro atoms. The van der Waals surface area contributed by atoms with Gasteiger partial charge in [-0.3, -0.25) is 4.79 Å². The van der Waals surface area contributed by atoms with Gasteiger partial charge in [-0.2, -0.15) is 9.61 Å². The average Bonchev–Trinajstić information content (AvgIpc) is 3.20. The van der Waals surface area contributed by atoms with Crippen LogP contribution in [0.3, 0.4) is 0 Å². The highest BCUT2D eigenvalue weighted by Crippen LogP contribution is 2.26. The van der Waals surface area contributed by atoms with Gasteiger partial charge in [0.1, 0.15) is 11.6 Å². The Hall–Kier alpha value is -2.69. The predicted octanol–water partition coefficient (Wildman–Crippen LogP) is 3.59. The summed E-state index contributed by atoms with van der Waals surface area (Å²) in [6.07, 6.45) is 5.46. The zero-order valence-electron chi connectivity index (χ0n) is 20.1. The Labute approximate surface area is 209 Å². The molecular weight excluding hydrogens is 498 g/mol. The lowest BCUT2D eigenvalue weighted by atomic mass is 10.1. The van der Waals surface area contributed by atoms with E-state index in [1.165, 1.54) is 19.3 Å². The fraction of sp³-hybridized carbons (Fsp3) is 0.458. The normalized spacial score (nSPS) is 13.5. The molecular formula is C24H34BrN7O2. The quantitative estimate of drug-likeness (QED) is 0.428. The first-order valence-electron chi connectivity index (χ1n) is 11.6. The Morgan fingerprint density at radius 1 is 1.18 bits per heavy atom. The molecule has 1 aliphatic rings. The Morgan fingerprint density at radius 2 is 1.85 bits per heavy atom. The molecule has 9 nitrogen and oxygen atoms in total. The number of fused-ring (bicyclic) bond motifs is 1. The number of carbonyl (C=O) groups is 1. The second-order valence-electron chi connectivity index (χ2n) is 8.43. The molecule has 0 unspecified atom stereocenters. The molecule has 4 rings (SSSR count). The maximum Gasteiger partial charge on any atom is 0.238 e. The molecule has 0 saturated carbocycles. The molecule has 10 heteroatoms. The van der Waals surface area contributed by atoms with Gasteiger partial charge >= 0.3 is 0 Å². The zero-order chi connectivity index (χ0) is 24.5. The van der Waals surface area contributed by atoms with Crippen molar-refractivity contribution in [3.8, 4) is 0 Å². The van der Waals surface area contributed by atoms with Crippen LogP contribution >= 0.6 is 15.9 Å². The number of halogens is 1. The van der Waals surface area contributed by atoms with E-state index in [-0.39, 0.29) is 12.5 Å². The summed E-state index contributed by atoms with van der Waals surface area (Å²) in [6.45, 7) is 5.01. The largest absolute Gasteiger partial charge is 0.397 e. The van der Waals surface area contributed by atoms with Gasteiger partial charge in [0, 0.05) is 38.0 Å². The van der Waals surface area contributed by atoms with E-state index in [0.717, 1.165) is 46.1 Å². The Bertz CT molecular complexity index is 1060. The minimum absolute atomic E-state index is 0.0236. The molecule has 3 heterocycles. The summed E-state index contributed by atoms with van der Waals surface area (Å²) in [5.74, 6) is 1.86. The molecule has 3 aromatic rings. The third-order valence-corrected chi connectivity index (χ3v) is 5.83. The van der Waals surface area contributed by atoms with Crippen LogP contribution in [-0.4, -0.2) is 70.8 Å². The van der Waals surface area contributed by atoms with Crippen LogP contribution in [0, 0.1) is 0 Å². The van der Waals surface area contributed by atoms with Crippen molar-refractivity contribution < 1.29 is 9.90 Å². The minimum atomic E-state index is -0.0236. The third-order valence-electron chi connectivity index (χ3n) is 5.27. The van der Waals surface area contributed by atoms with Crippen molar-refractivity contribution in [1.29, 1.82) is 0 Å². The lowest BCUT2D eigenvalue weighted by Gasteiger charge is -2.28. The molecule has 34 heavy (non-hydrogen) atoms. The monoisotopic (exact) mass is 531 g/mol. The Morgan fingerprint density at radius 3 is 2.50 bits per heavy atom. The summed E-state index contributed by atoms with van der Waals surface area (Å²) in [6, 6.07) is 9.96. The number of nitrogens with one attached hydrogen (secondary N) is 2. The molecule has 2 aromatic heterocycles. The summed E-state index contributed by atoms with van der Waals surface area (Å²) in [5.41, 5.74) is 2.72. The first-order valence-corrected chi connectivity index (χ1v) is 12.4. The molecule has 3 N–H and O–H groups in total. The van der Waals surface area contributed by atoms with Gasteiger partial charge < -0.3 is 25.5 Å². The van der Waals surface area contributed by atoms with Crippen LogP contribution in [0.1, 0.15) is 31.7 Å². The van der Waals surface area contributed by atoms with Crippen LogP contribution in [0.2, 0.25) is 0 Å². The van der Waals surface area contributed by atoms with Crippen LogP contribution in [0.4, 0.5) is 17.3 Å². The fourth-order valence-electron chi connectivity index (χ4n) is 3.72. The molecule has 0 atom stereocenters. The van der Waals surface area contributed by atoms with Gasteiger partial charge in [0.05, 0.1) is 17.2 Å². The summed E-state index contributed by atoms with van der Waals surface area (Å²) in [7, 11) is 3.75. The number of hydrogen-bond donors (Lipinski definition) is 3. The number of aliphatic hydroxyl groups is 1. The summed E-state index contributed by atoms with van der Waals surface area (Å²) >= 11 is 3.57. The average molecular weight is 532 g/mol. The Kier molecular flexibility index (Phi) is 9.67. The van der Waals surface area contributed by atoms with Crippen LogP contribution in [0.25, 0.3) is 5.65 Å². The van der Waals surface area contributed by atoms with E-state index in [2.05, 4.69) is 42.6 Å². The Balaban J connectivity index is 0.00000103. The highest BCUT2D eigenvalue weighted by atomic mass is 79.9. The topological polar surface area (TPSA) is 98.0 Å². The number of carbonyl (C=O) groups excluding carboxylic acids is 1. The van der Waals surface area contributed by atoms with E-state index in [1.807, 2.05) is 47.8 Å². The number of nitrogens with zero attached hydrogens (tertiary/aromatic N) is 5. The smallest absolute Gasteiger partial charge is 0.238 e. The summed E-state index contributed by atoms with van der Waals surface area (Å²) in [5, 5.41) is 18.4. The van der Waals surface area contributed by atoms with Crippen molar-refractivity contribution in [3.63, 3.8) is 0 Å². The molecule has 0 aliphatic carbocycles. The third kappa shape index (κ3) is 7.15. The van der Waals surface area contributed by atoms with E-state index in [0.29, 0.717) is 13.1 Å². The van der Waals surface area contributed by atoms with Gasteiger partial charge in [-0.15, -0.1) is 0 Å². The predicted molar refractivity (Wildman–Crippen MR) is 140 cm³/mol.